The Morgan fingerprint density at radius 3 is 2.71 bits per heavy atom. The molecule has 0 amide bonds. The van der Waals surface area contributed by atoms with Crippen LogP contribution in [0.2, 0.25) is 0 Å². The van der Waals surface area contributed by atoms with Crippen LogP contribution < -0.4 is 5.32 Å². The summed E-state index contributed by atoms with van der Waals surface area (Å²) < 4.78 is 24.7. The van der Waals surface area contributed by atoms with Gasteiger partial charge in [-0.25, -0.2) is 8.78 Å². The van der Waals surface area contributed by atoms with Gasteiger partial charge in [0.2, 0.25) is 0 Å². The van der Waals surface area contributed by atoms with Crippen molar-refractivity contribution in [1.29, 1.82) is 0 Å². The first-order valence-electron chi connectivity index (χ1n) is 4.33. The van der Waals surface area contributed by atoms with Crippen molar-refractivity contribution in [3.8, 4) is 0 Å². The first kappa shape index (κ1) is 11.6. The zero-order valence-corrected chi connectivity index (χ0v) is 9.44. The van der Waals surface area contributed by atoms with Crippen LogP contribution in [0.25, 0.3) is 0 Å². The van der Waals surface area contributed by atoms with E-state index in [1.54, 1.807) is 0 Å². The van der Waals surface area contributed by atoms with Gasteiger partial charge in [-0.15, -0.1) is 0 Å². The Morgan fingerprint density at radius 1 is 1.43 bits per heavy atom. The molecule has 0 atom stereocenters. The van der Waals surface area contributed by atoms with Gasteiger partial charge in [0, 0.05) is 11.0 Å². The largest absolute Gasteiger partial charge is 0.307 e. The van der Waals surface area contributed by atoms with E-state index in [0.29, 0.717) is 6.54 Å². The molecule has 78 valence electrons. The molecule has 0 saturated carbocycles. The minimum absolute atomic E-state index is 0.254. The van der Waals surface area contributed by atoms with Crippen molar-refractivity contribution in [3.63, 3.8) is 0 Å². The van der Waals surface area contributed by atoms with Crippen LogP contribution >= 0.6 is 15.9 Å². The normalized spacial score (nSPS) is 10.9. The third kappa shape index (κ3) is 3.72. The number of hydrogen-bond acceptors (Lipinski definition) is 1. The predicted octanol–water partition coefficient (Wildman–Crippen LogP) is 3.11. The highest BCUT2D eigenvalue weighted by atomic mass is 79.9. The monoisotopic (exact) mass is 263 g/mol. The molecule has 0 radical (unpaired) electrons. The maximum absolute atomic E-state index is 11.8. The Balaban J connectivity index is 2.51. The lowest BCUT2D eigenvalue weighted by Crippen LogP contribution is -2.20. The van der Waals surface area contributed by atoms with Crippen LogP contribution in [0.15, 0.2) is 22.7 Å². The van der Waals surface area contributed by atoms with E-state index in [1.807, 2.05) is 25.1 Å². The van der Waals surface area contributed by atoms with E-state index >= 15 is 0 Å². The number of benzene rings is 1. The van der Waals surface area contributed by atoms with Crippen molar-refractivity contribution in [2.75, 3.05) is 6.54 Å². The molecule has 0 aliphatic heterocycles. The van der Waals surface area contributed by atoms with Gasteiger partial charge in [0.25, 0.3) is 6.43 Å². The van der Waals surface area contributed by atoms with Crippen LogP contribution in [0.5, 0.6) is 0 Å². The first-order chi connectivity index (χ1) is 6.59. The van der Waals surface area contributed by atoms with Gasteiger partial charge < -0.3 is 5.32 Å². The minimum Gasteiger partial charge on any atom is -0.307 e. The van der Waals surface area contributed by atoms with Gasteiger partial charge in [0.1, 0.15) is 0 Å². The van der Waals surface area contributed by atoms with Gasteiger partial charge in [-0.1, -0.05) is 22.0 Å². The lowest BCUT2D eigenvalue weighted by Gasteiger charge is -2.07. The van der Waals surface area contributed by atoms with Gasteiger partial charge in [0.15, 0.2) is 0 Å². The summed E-state index contributed by atoms with van der Waals surface area (Å²) in [6.45, 7) is 2.20. The summed E-state index contributed by atoms with van der Waals surface area (Å²) >= 11 is 3.35. The molecule has 1 aromatic rings. The molecular weight excluding hydrogens is 252 g/mol. The Bertz CT molecular complexity index is 302. The van der Waals surface area contributed by atoms with Crippen molar-refractivity contribution in [2.45, 2.75) is 19.9 Å². The standard InChI is InChI=1S/C10H12BrF2N/c1-7-4-9(11)3-2-8(7)5-14-6-10(12)13/h2-4,10,14H,5-6H2,1H3. The summed E-state index contributed by atoms with van der Waals surface area (Å²) in [6.07, 6.45) is -2.29. The van der Waals surface area contributed by atoms with E-state index in [2.05, 4.69) is 21.2 Å². The van der Waals surface area contributed by atoms with Crippen LogP contribution in [0, 0.1) is 6.92 Å². The van der Waals surface area contributed by atoms with Gasteiger partial charge in [-0.2, -0.15) is 0 Å². The molecule has 0 bridgehead atoms. The Morgan fingerprint density at radius 2 is 2.14 bits per heavy atom. The maximum atomic E-state index is 11.8. The van der Waals surface area contributed by atoms with Gasteiger partial charge in [0.05, 0.1) is 6.54 Å². The number of halogens is 3. The highest BCUT2D eigenvalue weighted by Crippen LogP contribution is 2.15. The molecule has 1 aromatic carbocycles. The summed E-state index contributed by atoms with van der Waals surface area (Å²) in [5, 5.41) is 2.70. The van der Waals surface area contributed by atoms with Crippen LogP contribution in [0.1, 0.15) is 11.1 Å². The van der Waals surface area contributed by atoms with Crippen molar-refractivity contribution in [1.82, 2.24) is 5.32 Å². The molecule has 0 spiro atoms. The molecule has 14 heavy (non-hydrogen) atoms. The molecule has 4 heteroatoms. The molecule has 0 unspecified atom stereocenters. The number of hydrogen-bond donors (Lipinski definition) is 1. The third-order valence-corrected chi connectivity index (χ3v) is 2.41. The summed E-state index contributed by atoms with van der Waals surface area (Å²) in [6, 6.07) is 5.81. The second kappa shape index (κ2) is 5.41. The molecular formula is C10H12BrF2N. The lowest BCUT2D eigenvalue weighted by atomic mass is 10.1. The number of aryl methyl sites for hydroxylation is 1. The average Bonchev–Trinajstić information content (AvgIpc) is 2.08. The zero-order valence-electron chi connectivity index (χ0n) is 7.86. The quantitative estimate of drug-likeness (QED) is 0.881. The fourth-order valence-corrected chi connectivity index (χ4v) is 1.65. The van der Waals surface area contributed by atoms with E-state index in [4.69, 9.17) is 0 Å². The summed E-state index contributed by atoms with van der Waals surface area (Å²) in [5.74, 6) is 0. The Kier molecular flexibility index (Phi) is 4.48. The Labute approximate surface area is 90.6 Å². The van der Waals surface area contributed by atoms with Gasteiger partial charge >= 0.3 is 0 Å². The Hall–Kier alpha value is -0.480. The lowest BCUT2D eigenvalue weighted by molar-refractivity contribution is 0.145. The molecule has 0 fully saturated rings. The molecule has 0 saturated heterocycles. The van der Waals surface area contributed by atoms with Crippen molar-refractivity contribution < 1.29 is 8.78 Å². The maximum Gasteiger partial charge on any atom is 0.250 e. The second-order valence-electron chi connectivity index (χ2n) is 3.09. The van der Waals surface area contributed by atoms with E-state index in [0.717, 1.165) is 15.6 Å². The van der Waals surface area contributed by atoms with Crippen molar-refractivity contribution in [3.05, 3.63) is 33.8 Å². The van der Waals surface area contributed by atoms with Crippen LogP contribution in [-0.4, -0.2) is 13.0 Å². The molecule has 1 nitrogen and oxygen atoms in total. The average molecular weight is 264 g/mol. The molecule has 0 aliphatic rings. The number of rotatable bonds is 4. The number of nitrogens with one attached hydrogen (secondary N) is 1. The van der Waals surface area contributed by atoms with Gasteiger partial charge in [-0.05, 0) is 30.2 Å². The summed E-state index contributed by atoms with van der Waals surface area (Å²) in [7, 11) is 0. The van der Waals surface area contributed by atoms with E-state index in [-0.39, 0.29) is 6.54 Å². The molecule has 1 rings (SSSR count). The zero-order chi connectivity index (χ0) is 10.6. The second-order valence-corrected chi connectivity index (χ2v) is 4.01. The fourth-order valence-electron chi connectivity index (χ4n) is 1.17. The smallest absolute Gasteiger partial charge is 0.250 e. The van der Waals surface area contributed by atoms with E-state index in [9.17, 15) is 8.78 Å². The number of alkyl halides is 2. The van der Waals surface area contributed by atoms with Crippen molar-refractivity contribution >= 4 is 15.9 Å². The van der Waals surface area contributed by atoms with Crippen LogP contribution in [0.4, 0.5) is 8.78 Å². The predicted molar refractivity (Wildman–Crippen MR) is 56.6 cm³/mol. The SMILES string of the molecule is Cc1cc(Br)ccc1CNCC(F)F. The topological polar surface area (TPSA) is 12.0 Å². The van der Waals surface area contributed by atoms with Crippen molar-refractivity contribution in [2.24, 2.45) is 0 Å². The van der Waals surface area contributed by atoms with Gasteiger partial charge in [-0.3, -0.25) is 0 Å². The first-order valence-corrected chi connectivity index (χ1v) is 5.13. The van der Waals surface area contributed by atoms with E-state index in [1.165, 1.54) is 0 Å². The molecule has 0 aromatic heterocycles. The summed E-state index contributed by atoms with van der Waals surface area (Å²) in [4.78, 5) is 0. The van der Waals surface area contributed by atoms with Crippen LogP contribution in [0.3, 0.4) is 0 Å². The fraction of sp³-hybridized carbons (Fsp3) is 0.400. The molecule has 0 aliphatic carbocycles. The third-order valence-electron chi connectivity index (χ3n) is 1.92. The molecule has 0 heterocycles. The highest BCUT2D eigenvalue weighted by Gasteiger charge is 2.02. The van der Waals surface area contributed by atoms with E-state index < -0.39 is 6.43 Å². The highest BCUT2D eigenvalue weighted by molar-refractivity contribution is 9.10. The summed E-state index contributed by atoms with van der Waals surface area (Å²) in [5.41, 5.74) is 2.15. The molecule has 1 N–H and O–H groups in total. The van der Waals surface area contributed by atoms with Crippen LogP contribution in [-0.2, 0) is 6.54 Å². The minimum atomic E-state index is -2.29.